The van der Waals surface area contributed by atoms with Gasteiger partial charge in [0.15, 0.2) is 0 Å². The van der Waals surface area contributed by atoms with Gasteiger partial charge in [-0.15, -0.1) is 0 Å². The average molecular weight is 218 g/mol. The predicted octanol–water partition coefficient (Wildman–Crippen LogP) is 2.60. The van der Waals surface area contributed by atoms with Gasteiger partial charge in [0.05, 0.1) is 18.3 Å². The molecule has 2 aliphatic carbocycles. The van der Waals surface area contributed by atoms with E-state index in [-0.39, 0.29) is 18.3 Å². The molecule has 1 N–H and O–H groups in total. The van der Waals surface area contributed by atoms with Crippen molar-refractivity contribution in [2.75, 3.05) is 0 Å². The van der Waals surface area contributed by atoms with Crippen LogP contribution in [0.1, 0.15) is 42.9 Å². The van der Waals surface area contributed by atoms with E-state index >= 15 is 0 Å². The molecule has 0 saturated heterocycles. The number of aryl methyl sites for hydroxylation is 1. The highest BCUT2D eigenvalue weighted by molar-refractivity contribution is 5.31. The predicted molar refractivity (Wildman–Crippen MR) is 62.2 cm³/mol. The molecule has 0 spiro atoms. The van der Waals surface area contributed by atoms with Crippen LogP contribution in [0.25, 0.3) is 0 Å². The lowest BCUT2D eigenvalue weighted by atomic mass is 9.87. The van der Waals surface area contributed by atoms with Crippen LogP contribution in [0.2, 0.25) is 0 Å². The summed E-state index contributed by atoms with van der Waals surface area (Å²) in [5.41, 5.74) is 2.81. The minimum absolute atomic E-state index is 0.121. The molecular weight excluding hydrogens is 200 g/mol. The Kier molecular flexibility index (Phi) is 2.70. The van der Waals surface area contributed by atoms with Crippen LogP contribution in [0.3, 0.4) is 0 Å². The van der Waals surface area contributed by atoms with Crippen LogP contribution < -0.4 is 0 Å². The number of fused-ring (bicyclic) bond motifs is 1. The van der Waals surface area contributed by atoms with Crippen LogP contribution in [0.5, 0.6) is 0 Å². The van der Waals surface area contributed by atoms with Crippen molar-refractivity contribution < 1.29 is 9.84 Å². The van der Waals surface area contributed by atoms with E-state index < -0.39 is 0 Å². The zero-order valence-corrected chi connectivity index (χ0v) is 9.43. The van der Waals surface area contributed by atoms with Gasteiger partial charge in [0.2, 0.25) is 0 Å². The van der Waals surface area contributed by atoms with Gasteiger partial charge in [-0.25, -0.2) is 0 Å². The van der Waals surface area contributed by atoms with Crippen molar-refractivity contribution in [3.63, 3.8) is 0 Å². The average Bonchev–Trinajstić information content (AvgIpc) is 2.27. The zero-order valence-electron chi connectivity index (χ0n) is 9.43. The molecule has 0 heterocycles. The maximum Gasteiger partial charge on any atom is 0.0831 e. The smallest absolute Gasteiger partial charge is 0.0831 e. The van der Waals surface area contributed by atoms with Gasteiger partial charge in [0.1, 0.15) is 0 Å². The van der Waals surface area contributed by atoms with E-state index in [0.29, 0.717) is 0 Å². The number of hydrogen-bond acceptors (Lipinski definition) is 2. The van der Waals surface area contributed by atoms with E-state index in [1.807, 2.05) is 0 Å². The first kappa shape index (κ1) is 10.3. The molecule has 2 heteroatoms. The van der Waals surface area contributed by atoms with E-state index in [1.54, 1.807) is 0 Å². The molecule has 0 amide bonds. The molecule has 0 bridgehead atoms. The Hall–Kier alpha value is -0.860. The first-order chi connectivity index (χ1) is 7.83. The van der Waals surface area contributed by atoms with Gasteiger partial charge in [-0.3, -0.25) is 0 Å². The Bertz CT molecular complexity index is 369. The van der Waals surface area contributed by atoms with Gasteiger partial charge >= 0.3 is 0 Å². The quantitative estimate of drug-likeness (QED) is 0.826. The summed E-state index contributed by atoms with van der Waals surface area (Å²) in [5.74, 6) is 0. The van der Waals surface area contributed by atoms with Gasteiger partial charge in [-0.05, 0) is 43.2 Å². The Morgan fingerprint density at radius 1 is 1.19 bits per heavy atom. The van der Waals surface area contributed by atoms with Crippen molar-refractivity contribution >= 4 is 0 Å². The van der Waals surface area contributed by atoms with Crippen LogP contribution in [0.4, 0.5) is 0 Å². The van der Waals surface area contributed by atoms with Crippen LogP contribution >= 0.6 is 0 Å². The fourth-order valence-electron chi connectivity index (χ4n) is 2.73. The highest BCUT2D eigenvalue weighted by Crippen LogP contribution is 2.36. The molecule has 16 heavy (non-hydrogen) atoms. The van der Waals surface area contributed by atoms with Crippen molar-refractivity contribution in [3.8, 4) is 0 Å². The van der Waals surface area contributed by atoms with Gasteiger partial charge in [-0.1, -0.05) is 24.3 Å². The molecule has 0 aliphatic heterocycles. The summed E-state index contributed by atoms with van der Waals surface area (Å²) in [6.45, 7) is 0. The Morgan fingerprint density at radius 3 is 2.81 bits per heavy atom. The van der Waals surface area contributed by atoms with Crippen LogP contribution in [-0.2, 0) is 11.2 Å². The molecule has 0 radical (unpaired) electrons. The lowest BCUT2D eigenvalue weighted by molar-refractivity contribution is -0.109. The van der Waals surface area contributed by atoms with E-state index in [2.05, 4.69) is 24.3 Å². The largest absolute Gasteiger partial charge is 0.393 e. The summed E-state index contributed by atoms with van der Waals surface area (Å²) in [5, 5.41) is 9.26. The fraction of sp³-hybridized carbons (Fsp3) is 0.571. The van der Waals surface area contributed by atoms with Crippen molar-refractivity contribution in [1.29, 1.82) is 0 Å². The molecule has 1 fully saturated rings. The first-order valence-electron chi connectivity index (χ1n) is 6.24. The summed E-state index contributed by atoms with van der Waals surface area (Å²) in [6.07, 6.45) is 5.60. The Balaban J connectivity index is 1.72. The van der Waals surface area contributed by atoms with Crippen molar-refractivity contribution in [1.82, 2.24) is 0 Å². The molecule has 0 aromatic heterocycles. The number of rotatable bonds is 2. The maximum atomic E-state index is 9.26. The molecule has 1 atom stereocenters. The maximum absolute atomic E-state index is 9.26. The fourth-order valence-corrected chi connectivity index (χ4v) is 2.73. The summed E-state index contributed by atoms with van der Waals surface area (Å²) in [7, 11) is 0. The second kappa shape index (κ2) is 4.19. The second-order valence-electron chi connectivity index (χ2n) is 4.96. The summed E-state index contributed by atoms with van der Waals surface area (Å²) in [6, 6.07) is 8.60. The SMILES string of the molecule is OC1CC(OC2CCCc3ccccc32)C1. The molecule has 86 valence electrons. The summed E-state index contributed by atoms with van der Waals surface area (Å²) in [4.78, 5) is 0. The Labute approximate surface area is 96.2 Å². The van der Waals surface area contributed by atoms with Crippen molar-refractivity contribution in [3.05, 3.63) is 35.4 Å². The van der Waals surface area contributed by atoms with Crippen molar-refractivity contribution in [2.45, 2.75) is 50.4 Å². The minimum atomic E-state index is -0.121. The number of benzene rings is 1. The third kappa shape index (κ3) is 1.87. The lowest BCUT2D eigenvalue weighted by Gasteiger charge is -2.36. The molecular formula is C14H18O2. The van der Waals surface area contributed by atoms with E-state index in [1.165, 1.54) is 24.0 Å². The number of aliphatic hydroxyl groups excluding tert-OH is 1. The van der Waals surface area contributed by atoms with Crippen molar-refractivity contribution in [2.24, 2.45) is 0 Å². The number of aliphatic hydroxyl groups is 1. The molecule has 2 nitrogen and oxygen atoms in total. The van der Waals surface area contributed by atoms with Crippen LogP contribution in [0, 0.1) is 0 Å². The molecule has 3 rings (SSSR count). The number of ether oxygens (including phenoxy) is 1. The molecule has 1 aromatic rings. The summed E-state index contributed by atoms with van der Waals surface area (Å²) >= 11 is 0. The molecule has 1 aromatic carbocycles. The number of hydrogen-bond donors (Lipinski definition) is 1. The monoisotopic (exact) mass is 218 g/mol. The summed E-state index contributed by atoms with van der Waals surface area (Å²) < 4.78 is 6.06. The van der Waals surface area contributed by atoms with E-state index in [4.69, 9.17) is 4.74 Å². The third-order valence-corrected chi connectivity index (χ3v) is 3.74. The van der Waals surface area contributed by atoms with Gasteiger partial charge in [0, 0.05) is 0 Å². The lowest BCUT2D eigenvalue weighted by Crippen LogP contribution is -2.36. The topological polar surface area (TPSA) is 29.5 Å². The molecule has 1 unspecified atom stereocenters. The van der Waals surface area contributed by atoms with Gasteiger partial charge < -0.3 is 9.84 Å². The zero-order chi connectivity index (χ0) is 11.0. The standard InChI is InChI=1S/C14H18O2/c15-11-8-12(9-11)16-14-7-3-5-10-4-1-2-6-13(10)14/h1-2,4,6,11-12,14-15H,3,5,7-9H2. The Morgan fingerprint density at radius 2 is 2.00 bits per heavy atom. The second-order valence-corrected chi connectivity index (χ2v) is 4.96. The van der Waals surface area contributed by atoms with Gasteiger partial charge in [0.25, 0.3) is 0 Å². The normalized spacial score (nSPS) is 32.9. The highest BCUT2D eigenvalue weighted by atomic mass is 16.5. The van der Waals surface area contributed by atoms with E-state index in [9.17, 15) is 5.11 Å². The molecule has 1 saturated carbocycles. The third-order valence-electron chi connectivity index (χ3n) is 3.74. The van der Waals surface area contributed by atoms with Gasteiger partial charge in [-0.2, -0.15) is 0 Å². The minimum Gasteiger partial charge on any atom is -0.393 e. The van der Waals surface area contributed by atoms with E-state index in [0.717, 1.165) is 19.3 Å². The first-order valence-corrected chi connectivity index (χ1v) is 6.24. The van der Waals surface area contributed by atoms with Crippen LogP contribution in [0.15, 0.2) is 24.3 Å². The highest BCUT2D eigenvalue weighted by Gasteiger charge is 2.32. The molecule has 2 aliphatic rings. The van der Waals surface area contributed by atoms with Crippen LogP contribution in [-0.4, -0.2) is 17.3 Å².